The van der Waals surface area contributed by atoms with Gasteiger partial charge < -0.3 is 10.3 Å². The number of para-hydroxylation sites is 2. The standard InChI is InChI=1S/C16H16FN3/c1-11(10-18)20-15-9-5-4-8-14(15)19-16(20)12-6-2-3-7-13(12)17/h2-9,11H,10,18H2,1H3. The van der Waals surface area contributed by atoms with Gasteiger partial charge in [-0.2, -0.15) is 0 Å². The number of nitrogens with zero attached hydrogens (tertiary/aromatic N) is 2. The van der Waals surface area contributed by atoms with Crippen LogP contribution in [-0.2, 0) is 0 Å². The molecular weight excluding hydrogens is 253 g/mol. The summed E-state index contributed by atoms with van der Waals surface area (Å²) in [5.41, 5.74) is 8.13. The average molecular weight is 269 g/mol. The van der Waals surface area contributed by atoms with Crippen molar-refractivity contribution in [1.29, 1.82) is 0 Å². The molecule has 0 aliphatic rings. The number of halogens is 1. The predicted molar refractivity (Wildman–Crippen MR) is 78.9 cm³/mol. The van der Waals surface area contributed by atoms with Crippen LogP contribution >= 0.6 is 0 Å². The van der Waals surface area contributed by atoms with Crippen LogP contribution in [0.1, 0.15) is 13.0 Å². The molecule has 0 spiro atoms. The molecule has 0 saturated heterocycles. The molecule has 3 rings (SSSR count). The smallest absolute Gasteiger partial charge is 0.144 e. The summed E-state index contributed by atoms with van der Waals surface area (Å²) in [4.78, 5) is 4.58. The summed E-state index contributed by atoms with van der Waals surface area (Å²) < 4.78 is 16.1. The molecule has 0 saturated carbocycles. The second kappa shape index (κ2) is 5.06. The lowest BCUT2D eigenvalue weighted by Gasteiger charge is -2.16. The fourth-order valence-electron chi connectivity index (χ4n) is 2.43. The van der Waals surface area contributed by atoms with Crippen LogP contribution in [0.2, 0.25) is 0 Å². The second-order valence-corrected chi connectivity index (χ2v) is 4.86. The third-order valence-corrected chi connectivity index (χ3v) is 3.49. The Morgan fingerprint density at radius 2 is 1.85 bits per heavy atom. The van der Waals surface area contributed by atoms with Crippen LogP contribution < -0.4 is 5.73 Å². The molecule has 4 heteroatoms. The number of imidazole rings is 1. The Morgan fingerprint density at radius 3 is 2.60 bits per heavy atom. The van der Waals surface area contributed by atoms with Gasteiger partial charge >= 0.3 is 0 Å². The maximum absolute atomic E-state index is 14.1. The first-order chi connectivity index (χ1) is 9.72. The summed E-state index contributed by atoms with van der Waals surface area (Å²) in [5.74, 6) is 0.357. The number of nitrogens with two attached hydrogens (primary N) is 1. The zero-order chi connectivity index (χ0) is 14.1. The molecule has 1 aromatic heterocycles. The van der Waals surface area contributed by atoms with E-state index in [4.69, 9.17) is 5.73 Å². The highest BCUT2D eigenvalue weighted by molar-refractivity contribution is 5.81. The molecule has 20 heavy (non-hydrogen) atoms. The SMILES string of the molecule is CC(CN)n1c(-c2ccccc2F)nc2ccccc21. The van der Waals surface area contributed by atoms with Crippen LogP contribution in [0, 0.1) is 5.82 Å². The number of fused-ring (bicyclic) bond motifs is 1. The Labute approximate surface area is 116 Å². The molecule has 0 bridgehead atoms. The van der Waals surface area contributed by atoms with Crippen molar-refractivity contribution in [2.24, 2.45) is 5.73 Å². The van der Waals surface area contributed by atoms with E-state index in [1.165, 1.54) is 6.07 Å². The van der Waals surface area contributed by atoms with Gasteiger partial charge in [0.25, 0.3) is 0 Å². The molecule has 0 radical (unpaired) electrons. The average Bonchev–Trinajstić information content (AvgIpc) is 2.86. The van der Waals surface area contributed by atoms with Crippen molar-refractivity contribution in [3.8, 4) is 11.4 Å². The largest absolute Gasteiger partial charge is 0.328 e. The topological polar surface area (TPSA) is 43.8 Å². The fourth-order valence-corrected chi connectivity index (χ4v) is 2.43. The first kappa shape index (κ1) is 12.8. The van der Waals surface area contributed by atoms with Crippen LogP contribution in [0.25, 0.3) is 22.4 Å². The summed E-state index contributed by atoms with van der Waals surface area (Å²) in [6.07, 6.45) is 0. The Hall–Kier alpha value is -2.20. The molecule has 1 unspecified atom stereocenters. The Bertz CT molecular complexity index is 748. The van der Waals surface area contributed by atoms with Gasteiger partial charge in [0, 0.05) is 12.6 Å². The molecule has 0 aliphatic heterocycles. The first-order valence-corrected chi connectivity index (χ1v) is 6.64. The summed E-state index contributed by atoms with van der Waals surface area (Å²) in [6, 6.07) is 14.5. The first-order valence-electron chi connectivity index (χ1n) is 6.64. The van der Waals surface area contributed by atoms with Gasteiger partial charge in [0.15, 0.2) is 0 Å². The predicted octanol–water partition coefficient (Wildman–Crippen LogP) is 3.36. The summed E-state index contributed by atoms with van der Waals surface area (Å²) >= 11 is 0. The maximum Gasteiger partial charge on any atom is 0.144 e. The van der Waals surface area contributed by atoms with Crippen LogP contribution in [0.5, 0.6) is 0 Å². The lowest BCUT2D eigenvalue weighted by Crippen LogP contribution is -2.17. The van der Waals surface area contributed by atoms with Crippen molar-refractivity contribution in [3.63, 3.8) is 0 Å². The molecule has 0 aliphatic carbocycles. The van der Waals surface area contributed by atoms with Crippen molar-refractivity contribution in [2.75, 3.05) is 6.54 Å². The lowest BCUT2D eigenvalue weighted by atomic mass is 10.2. The molecular formula is C16H16FN3. The Kier molecular flexibility index (Phi) is 3.24. The van der Waals surface area contributed by atoms with E-state index in [1.54, 1.807) is 12.1 Å². The van der Waals surface area contributed by atoms with Crippen LogP contribution in [0.15, 0.2) is 48.5 Å². The van der Waals surface area contributed by atoms with E-state index < -0.39 is 0 Å². The molecule has 0 fully saturated rings. The van der Waals surface area contributed by atoms with Crippen molar-refractivity contribution < 1.29 is 4.39 Å². The third kappa shape index (κ3) is 1.98. The van der Waals surface area contributed by atoms with Gasteiger partial charge in [0.05, 0.1) is 16.6 Å². The monoisotopic (exact) mass is 269 g/mol. The van der Waals surface area contributed by atoms with E-state index in [0.717, 1.165) is 11.0 Å². The lowest BCUT2D eigenvalue weighted by molar-refractivity contribution is 0.573. The molecule has 2 aromatic carbocycles. The highest BCUT2D eigenvalue weighted by atomic mass is 19.1. The van der Waals surface area contributed by atoms with Gasteiger partial charge in [-0.25, -0.2) is 9.37 Å². The molecule has 1 heterocycles. The minimum atomic E-state index is -0.270. The van der Waals surface area contributed by atoms with E-state index in [1.807, 2.05) is 41.8 Å². The third-order valence-electron chi connectivity index (χ3n) is 3.49. The minimum Gasteiger partial charge on any atom is -0.328 e. The summed E-state index contributed by atoms with van der Waals surface area (Å²) in [7, 11) is 0. The molecule has 1 atom stereocenters. The summed E-state index contributed by atoms with van der Waals surface area (Å²) in [6.45, 7) is 2.49. The van der Waals surface area contributed by atoms with Gasteiger partial charge in [0.1, 0.15) is 11.6 Å². The van der Waals surface area contributed by atoms with E-state index >= 15 is 0 Å². The fraction of sp³-hybridized carbons (Fsp3) is 0.188. The number of hydrogen-bond acceptors (Lipinski definition) is 2. The Morgan fingerprint density at radius 1 is 1.15 bits per heavy atom. The number of benzene rings is 2. The second-order valence-electron chi connectivity index (χ2n) is 4.86. The number of hydrogen-bond donors (Lipinski definition) is 1. The summed E-state index contributed by atoms with van der Waals surface area (Å²) in [5, 5.41) is 0. The molecule has 3 aromatic rings. The van der Waals surface area contributed by atoms with Gasteiger partial charge in [-0.05, 0) is 31.2 Å². The minimum absolute atomic E-state index is 0.0528. The van der Waals surface area contributed by atoms with Gasteiger partial charge in [0.2, 0.25) is 0 Å². The zero-order valence-corrected chi connectivity index (χ0v) is 11.3. The van der Waals surface area contributed by atoms with Crippen LogP contribution in [-0.4, -0.2) is 16.1 Å². The Balaban J connectivity index is 2.32. The highest BCUT2D eigenvalue weighted by Gasteiger charge is 2.18. The number of rotatable bonds is 3. The van der Waals surface area contributed by atoms with Crippen LogP contribution in [0.3, 0.4) is 0 Å². The quantitative estimate of drug-likeness (QED) is 0.792. The van der Waals surface area contributed by atoms with Gasteiger partial charge in [-0.15, -0.1) is 0 Å². The van der Waals surface area contributed by atoms with Crippen LogP contribution in [0.4, 0.5) is 4.39 Å². The van der Waals surface area contributed by atoms with E-state index in [0.29, 0.717) is 17.9 Å². The number of aromatic nitrogens is 2. The van der Waals surface area contributed by atoms with E-state index in [-0.39, 0.29) is 11.9 Å². The van der Waals surface area contributed by atoms with Gasteiger partial charge in [-0.1, -0.05) is 24.3 Å². The van der Waals surface area contributed by atoms with Gasteiger partial charge in [-0.3, -0.25) is 0 Å². The van der Waals surface area contributed by atoms with E-state index in [9.17, 15) is 4.39 Å². The van der Waals surface area contributed by atoms with E-state index in [2.05, 4.69) is 4.98 Å². The van der Waals surface area contributed by atoms with Crippen molar-refractivity contribution in [1.82, 2.24) is 9.55 Å². The molecule has 0 amide bonds. The molecule has 2 N–H and O–H groups in total. The van der Waals surface area contributed by atoms with Crippen molar-refractivity contribution in [3.05, 3.63) is 54.3 Å². The zero-order valence-electron chi connectivity index (χ0n) is 11.3. The normalized spacial score (nSPS) is 12.8. The van der Waals surface area contributed by atoms with Crippen molar-refractivity contribution >= 4 is 11.0 Å². The molecule has 102 valence electrons. The maximum atomic E-state index is 14.1. The highest BCUT2D eigenvalue weighted by Crippen LogP contribution is 2.29. The molecule has 3 nitrogen and oxygen atoms in total. The van der Waals surface area contributed by atoms with Crippen molar-refractivity contribution in [2.45, 2.75) is 13.0 Å².